The lowest BCUT2D eigenvalue weighted by Gasteiger charge is -2.03. The molecule has 0 aliphatic carbocycles. The molecule has 1 atom stereocenters. The van der Waals surface area contributed by atoms with Gasteiger partial charge in [-0.15, -0.1) is 11.5 Å². The van der Waals surface area contributed by atoms with Crippen LogP contribution in [0.2, 0.25) is 19.6 Å². The lowest BCUT2D eigenvalue weighted by molar-refractivity contribution is 0.289. The minimum atomic E-state index is -1.34. The van der Waals surface area contributed by atoms with Gasteiger partial charge in [-0.05, 0) is 6.92 Å². The Morgan fingerprint density at radius 3 is 2.09 bits per heavy atom. The van der Waals surface area contributed by atoms with E-state index >= 15 is 0 Å². The molecule has 0 aromatic carbocycles. The topological polar surface area (TPSA) is 20.2 Å². The van der Waals surface area contributed by atoms with Crippen molar-refractivity contribution >= 4 is 8.07 Å². The first-order valence-electron chi connectivity index (χ1n) is 3.59. The maximum absolute atomic E-state index is 9.09. The predicted molar refractivity (Wildman–Crippen MR) is 50.6 cm³/mol. The van der Waals surface area contributed by atoms with Crippen molar-refractivity contribution in [1.82, 2.24) is 0 Å². The van der Waals surface area contributed by atoms with Gasteiger partial charge in [-0.25, -0.2) is 0 Å². The van der Waals surface area contributed by atoms with Crippen molar-refractivity contribution in [2.75, 3.05) is 0 Å². The first-order chi connectivity index (χ1) is 4.95. The van der Waals surface area contributed by atoms with Gasteiger partial charge in [0.2, 0.25) is 0 Å². The van der Waals surface area contributed by atoms with E-state index < -0.39 is 14.2 Å². The first kappa shape index (κ1) is 10.3. The highest BCUT2D eigenvalue weighted by Gasteiger charge is 2.07. The highest BCUT2D eigenvalue weighted by atomic mass is 28.3. The molecule has 0 spiro atoms. The molecule has 0 bridgehead atoms. The molecule has 1 nitrogen and oxygen atoms in total. The summed E-state index contributed by atoms with van der Waals surface area (Å²) in [5, 5.41) is 9.09. The Morgan fingerprint density at radius 2 is 1.73 bits per heavy atom. The molecule has 60 valence electrons. The zero-order chi connectivity index (χ0) is 8.91. The molecule has 0 aromatic rings. The molecule has 0 heterocycles. The van der Waals surface area contributed by atoms with Crippen molar-refractivity contribution in [2.24, 2.45) is 0 Å². The Morgan fingerprint density at radius 1 is 1.18 bits per heavy atom. The molecule has 0 saturated heterocycles. The lowest BCUT2D eigenvalue weighted by atomic mass is 10.4. The fourth-order valence-corrected chi connectivity index (χ4v) is 1.03. The monoisotopic (exact) mass is 166 g/mol. The average Bonchev–Trinajstić information content (AvgIpc) is 1.83. The number of hydrogen-bond acceptors (Lipinski definition) is 1. The third-order valence-corrected chi connectivity index (χ3v) is 1.76. The summed E-state index contributed by atoms with van der Waals surface area (Å²) in [5.41, 5.74) is 3.04. The molecule has 2 heteroatoms. The zero-order valence-corrected chi connectivity index (χ0v) is 8.52. The molecule has 11 heavy (non-hydrogen) atoms. The van der Waals surface area contributed by atoms with E-state index in [2.05, 4.69) is 42.9 Å². The molecule has 0 rings (SSSR count). The second kappa shape index (κ2) is 4.23. The molecule has 0 amide bonds. The van der Waals surface area contributed by atoms with Crippen LogP contribution in [-0.2, 0) is 0 Å². The van der Waals surface area contributed by atoms with Crippen molar-refractivity contribution < 1.29 is 5.11 Å². The first-order valence-corrected chi connectivity index (χ1v) is 7.09. The molecule has 1 unspecified atom stereocenters. The molecule has 0 saturated carbocycles. The van der Waals surface area contributed by atoms with Crippen LogP contribution in [0.15, 0.2) is 0 Å². The van der Waals surface area contributed by atoms with E-state index in [9.17, 15) is 0 Å². The molecule has 0 aliphatic heterocycles. The Bertz CT molecular complexity index is 228. The van der Waals surface area contributed by atoms with E-state index in [4.69, 9.17) is 5.11 Å². The minimum absolute atomic E-state index is 0.758. The predicted octanol–water partition coefficient (Wildman–Crippen LogP) is 1.25. The maximum atomic E-state index is 9.09. The van der Waals surface area contributed by atoms with Gasteiger partial charge in [0.1, 0.15) is 8.07 Å². The van der Waals surface area contributed by atoms with Crippen LogP contribution in [-0.4, -0.2) is 19.3 Å². The quantitative estimate of drug-likeness (QED) is 0.424. The second-order valence-electron chi connectivity index (χ2n) is 3.32. The van der Waals surface area contributed by atoms with Crippen molar-refractivity contribution in [1.29, 1.82) is 0 Å². The van der Waals surface area contributed by atoms with Crippen molar-refractivity contribution in [3.8, 4) is 23.3 Å². The van der Waals surface area contributed by atoms with Gasteiger partial charge in [-0.3, -0.25) is 0 Å². The number of rotatable bonds is 0. The molecule has 0 radical (unpaired) electrons. The van der Waals surface area contributed by atoms with Crippen LogP contribution >= 0.6 is 0 Å². The van der Waals surface area contributed by atoms with Crippen LogP contribution in [0.5, 0.6) is 0 Å². The van der Waals surface area contributed by atoms with Crippen LogP contribution in [0.3, 0.4) is 0 Å². The third-order valence-electron chi connectivity index (χ3n) is 0.865. The highest BCUT2D eigenvalue weighted by Crippen LogP contribution is 1.96. The summed E-state index contributed by atoms with van der Waals surface area (Å²) in [7, 11) is -1.34. The average molecular weight is 166 g/mol. The molecule has 1 N–H and O–H groups in total. The van der Waals surface area contributed by atoms with Crippen LogP contribution in [0.25, 0.3) is 0 Å². The number of aliphatic hydroxyl groups excluding tert-OH is 1. The largest absolute Gasteiger partial charge is 0.369 e. The normalized spacial score (nSPS) is 12.1. The number of hydrogen-bond donors (Lipinski definition) is 1. The SMILES string of the molecule is CC#CC(O)C#C[Si](C)(C)C. The minimum Gasteiger partial charge on any atom is -0.369 e. The van der Waals surface area contributed by atoms with E-state index in [1.165, 1.54) is 0 Å². The van der Waals surface area contributed by atoms with Crippen molar-refractivity contribution in [3.63, 3.8) is 0 Å². The standard InChI is InChI=1S/C9H14OSi/c1-5-6-9(10)7-8-11(2,3)4/h9-10H,1-4H3. The van der Waals surface area contributed by atoms with E-state index in [0.717, 1.165) is 0 Å². The second-order valence-corrected chi connectivity index (χ2v) is 8.07. The van der Waals surface area contributed by atoms with E-state index in [1.54, 1.807) is 6.92 Å². The van der Waals surface area contributed by atoms with Gasteiger partial charge in [-0.2, -0.15) is 0 Å². The summed E-state index contributed by atoms with van der Waals surface area (Å²) in [6.45, 7) is 8.09. The van der Waals surface area contributed by atoms with Crippen LogP contribution < -0.4 is 0 Å². The van der Waals surface area contributed by atoms with E-state index in [0.29, 0.717) is 0 Å². The molecule has 0 aromatic heterocycles. The van der Waals surface area contributed by atoms with Gasteiger partial charge in [0.25, 0.3) is 0 Å². The molecule has 0 fully saturated rings. The summed E-state index contributed by atoms with van der Waals surface area (Å²) in [5.74, 6) is 7.91. The molecular formula is C9H14OSi. The smallest absolute Gasteiger partial charge is 0.175 e. The van der Waals surface area contributed by atoms with E-state index in [-0.39, 0.29) is 0 Å². The van der Waals surface area contributed by atoms with E-state index in [1.807, 2.05) is 0 Å². The van der Waals surface area contributed by atoms with Gasteiger partial charge in [-0.1, -0.05) is 31.5 Å². The van der Waals surface area contributed by atoms with Gasteiger partial charge in [0.15, 0.2) is 6.10 Å². The van der Waals surface area contributed by atoms with Gasteiger partial charge in [0, 0.05) is 0 Å². The summed E-state index contributed by atoms with van der Waals surface area (Å²) in [6.07, 6.45) is -0.758. The third kappa shape index (κ3) is 7.19. The Balaban J connectivity index is 4.15. The summed E-state index contributed by atoms with van der Waals surface area (Å²) in [4.78, 5) is 0. The Kier molecular flexibility index (Phi) is 3.96. The summed E-state index contributed by atoms with van der Waals surface area (Å²) >= 11 is 0. The molecular weight excluding hydrogens is 152 g/mol. The fourth-order valence-electron chi connectivity index (χ4n) is 0.458. The Hall–Kier alpha value is -0.703. The lowest BCUT2D eigenvalue weighted by Crippen LogP contribution is -2.17. The van der Waals surface area contributed by atoms with Crippen molar-refractivity contribution in [3.05, 3.63) is 0 Å². The zero-order valence-electron chi connectivity index (χ0n) is 7.52. The van der Waals surface area contributed by atoms with Gasteiger partial charge in [0.05, 0.1) is 0 Å². The molecule has 0 aliphatic rings. The van der Waals surface area contributed by atoms with Gasteiger partial charge < -0.3 is 5.11 Å². The van der Waals surface area contributed by atoms with Crippen molar-refractivity contribution in [2.45, 2.75) is 32.7 Å². The maximum Gasteiger partial charge on any atom is 0.175 e. The van der Waals surface area contributed by atoms with Crippen LogP contribution in [0.4, 0.5) is 0 Å². The van der Waals surface area contributed by atoms with Crippen LogP contribution in [0.1, 0.15) is 6.92 Å². The van der Waals surface area contributed by atoms with Gasteiger partial charge >= 0.3 is 0 Å². The fraction of sp³-hybridized carbons (Fsp3) is 0.556. The summed E-state index contributed by atoms with van der Waals surface area (Å²) < 4.78 is 0. The summed E-state index contributed by atoms with van der Waals surface area (Å²) in [6, 6.07) is 0. The van der Waals surface area contributed by atoms with Crippen LogP contribution in [0, 0.1) is 23.3 Å². The number of aliphatic hydroxyl groups is 1. The Labute approximate surface area is 69.8 Å². The highest BCUT2D eigenvalue weighted by molar-refractivity contribution is 6.83.